The van der Waals surface area contributed by atoms with Crippen molar-refractivity contribution in [3.05, 3.63) is 23.8 Å². The van der Waals surface area contributed by atoms with E-state index in [4.69, 9.17) is 4.74 Å². The smallest absolute Gasteiger partial charge is 0.387 e. The van der Waals surface area contributed by atoms with E-state index >= 15 is 0 Å². The van der Waals surface area contributed by atoms with Crippen molar-refractivity contribution < 1.29 is 18.3 Å². The summed E-state index contributed by atoms with van der Waals surface area (Å²) in [5, 5.41) is 6.51. The Morgan fingerprint density at radius 2 is 1.90 bits per heavy atom. The van der Waals surface area contributed by atoms with Gasteiger partial charge in [-0.3, -0.25) is 9.89 Å². The minimum absolute atomic E-state index is 0. The molecule has 2 rings (SSSR count). The van der Waals surface area contributed by atoms with Crippen molar-refractivity contribution >= 4 is 29.9 Å². The Kier molecular flexibility index (Phi) is 10.9. The van der Waals surface area contributed by atoms with Crippen LogP contribution in [0, 0.1) is 0 Å². The minimum atomic E-state index is -2.88. The molecule has 1 aromatic carbocycles. The maximum atomic E-state index is 12.7. The van der Waals surface area contributed by atoms with Gasteiger partial charge in [0.1, 0.15) is 11.5 Å². The zero-order valence-corrected chi connectivity index (χ0v) is 20.0. The molecule has 9 heteroatoms. The zero-order chi connectivity index (χ0) is 20.6. The van der Waals surface area contributed by atoms with E-state index in [2.05, 4.69) is 39.1 Å². The van der Waals surface area contributed by atoms with Gasteiger partial charge >= 0.3 is 6.61 Å². The average molecular weight is 526 g/mol. The molecule has 0 aliphatic carbocycles. The van der Waals surface area contributed by atoms with Crippen LogP contribution >= 0.6 is 24.0 Å². The molecule has 0 amide bonds. The van der Waals surface area contributed by atoms with E-state index in [9.17, 15) is 8.78 Å². The fourth-order valence-electron chi connectivity index (χ4n) is 3.34. The van der Waals surface area contributed by atoms with Gasteiger partial charge in [-0.05, 0) is 58.0 Å². The van der Waals surface area contributed by atoms with Crippen LogP contribution in [0.2, 0.25) is 0 Å². The van der Waals surface area contributed by atoms with Gasteiger partial charge in [0, 0.05) is 31.2 Å². The topological polar surface area (TPSA) is 58.1 Å². The summed E-state index contributed by atoms with van der Waals surface area (Å²) in [5.41, 5.74) is 0.565. The number of alkyl halides is 2. The Morgan fingerprint density at radius 3 is 2.48 bits per heavy atom. The first-order valence-electron chi connectivity index (χ1n) is 9.67. The van der Waals surface area contributed by atoms with Crippen LogP contribution in [0.1, 0.15) is 38.7 Å². The quantitative estimate of drug-likeness (QED) is 0.306. The van der Waals surface area contributed by atoms with Crippen LogP contribution < -0.4 is 20.1 Å². The standard InChI is InChI=1S/C20H32F2N4O2.HI/c1-20(2,26-10-6-5-7-11-26)14-25-19(23-3)24-13-15-12-16(27-4)8-9-17(15)28-18(21)22;/h8-9,12,18H,5-7,10-11,13-14H2,1-4H3,(H2,23,24,25);1H. The number of ether oxygens (including phenoxy) is 2. The molecule has 0 saturated carbocycles. The highest BCUT2D eigenvalue weighted by Crippen LogP contribution is 2.25. The van der Waals surface area contributed by atoms with Gasteiger partial charge in [0.15, 0.2) is 5.96 Å². The third-order valence-corrected chi connectivity index (χ3v) is 5.05. The SMILES string of the molecule is CN=C(NCc1cc(OC)ccc1OC(F)F)NCC(C)(C)N1CCCCC1.I. The van der Waals surface area contributed by atoms with Crippen LogP contribution in [0.4, 0.5) is 8.78 Å². The Bertz CT molecular complexity index is 653. The Morgan fingerprint density at radius 1 is 1.21 bits per heavy atom. The van der Waals surface area contributed by atoms with Gasteiger partial charge in [-0.2, -0.15) is 8.78 Å². The van der Waals surface area contributed by atoms with Crippen molar-refractivity contribution in [3.63, 3.8) is 0 Å². The summed E-state index contributed by atoms with van der Waals surface area (Å²) in [5.74, 6) is 1.30. The summed E-state index contributed by atoms with van der Waals surface area (Å²) in [7, 11) is 3.22. The molecule has 1 heterocycles. The Balaban J connectivity index is 0.00000420. The summed E-state index contributed by atoms with van der Waals surface area (Å²) in [4.78, 5) is 6.73. The van der Waals surface area contributed by atoms with Crippen molar-refractivity contribution in [1.29, 1.82) is 0 Å². The Hall–Kier alpha value is -1.36. The number of nitrogens with one attached hydrogen (secondary N) is 2. The van der Waals surface area contributed by atoms with Crippen LogP contribution in [0.5, 0.6) is 11.5 Å². The van der Waals surface area contributed by atoms with E-state index < -0.39 is 6.61 Å². The van der Waals surface area contributed by atoms with Gasteiger partial charge in [0.25, 0.3) is 0 Å². The van der Waals surface area contributed by atoms with Crippen molar-refractivity contribution in [2.75, 3.05) is 33.8 Å². The summed E-state index contributed by atoms with van der Waals surface area (Å²) < 4.78 is 35.1. The first-order chi connectivity index (χ1) is 13.4. The van der Waals surface area contributed by atoms with Crippen molar-refractivity contribution in [1.82, 2.24) is 15.5 Å². The molecule has 0 unspecified atom stereocenters. The number of methoxy groups -OCH3 is 1. The number of piperidine rings is 1. The van der Waals surface area contributed by atoms with Gasteiger partial charge in [-0.15, -0.1) is 24.0 Å². The molecule has 0 spiro atoms. The normalized spacial score (nSPS) is 15.6. The molecule has 0 bridgehead atoms. The lowest BCUT2D eigenvalue weighted by molar-refractivity contribution is -0.0505. The number of hydrogen-bond donors (Lipinski definition) is 2. The highest BCUT2D eigenvalue weighted by molar-refractivity contribution is 14.0. The van der Waals surface area contributed by atoms with Gasteiger partial charge in [-0.25, -0.2) is 0 Å². The summed E-state index contributed by atoms with van der Waals surface area (Å²) >= 11 is 0. The highest BCUT2D eigenvalue weighted by Gasteiger charge is 2.27. The molecule has 2 N–H and O–H groups in total. The second-order valence-electron chi connectivity index (χ2n) is 7.49. The fourth-order valence-corrected chi connectivity index (χ4v) is 3.34. The lowest BCUT2D eigenvalue weighted by Crippen LogP contribution is -2.54. The van der Waals surface area contributed by atoms with Crippen molar-refractivity contribution in [2.24, 2.45) is 4.99 Å². The maximum Gasteiger partial charge on any atom is 0.387 e. The zero-order valence-electron chi connectivity index (χ0n) is 17.6. The van der Waals surface area contributed by atoms with Gasteiger partial charge in [-0.1, -0.05) is 6.42 Å². The predicted octanol–water partition coefficient (Wildman–Crippen LogP) is 3.84. The molecule has 29 heavy (non-hydrogen) atoms. The highest BCUT2D eigenvalue weighted by atomic mass is 127. The molecule has 1 aliphatic rings. The molecule has 1 fully saturated rings. The molecular formula is C20H33F2IN4O2. The number of likely N-dealkylation sites (tertiary alicyclic amines) is 1. The summed E-state index contributed by atoms with van der Waals surface area (Å²) in [6.07, 6.45) is 3.77. The first kappa shape index (κ1) is 25.7. The third-order valence-electron chi connectivity index (χ3n) is 5.05. The maximum absolute atomic E-state index is 12.7. The second kappa shape index (κ2) is 12.4. The number of rotatable bonds is 8. The van der Waals surface area contributed by atoms with Crippen molar-refractivity contribution in [2.45, 2.75) is 51.8 Å². The number of aliphatic imine (C=N–C) groups is 1. The molecule has 1 aliphatic heterocycles. The minimum Gasteiger partial charge on any atom is -0.497 e. The molecule has 1 aromatic rings. The van der Waals surface area contributed by atoms with E-state index in [0.717, 1.165) is 19.6 Å². The first-order valence-corrected chi connectivity index (χ1v) is 9.67. The molecule has 0 atom stereocenters. The van der Waals surface area contributed by atoms with E-state index in [1.807, 2.05) is 0 Å². The van der Waals surface area contributed by atoms with Gasteiger partial charge in [0.2, 0.25) is 0 Å². The molecule has 0 aromatic heterocycles. The number of benzene rings is 1. The second-order valence-corrected chi connectivity index (χ2v) is 7.49. The predicted molar refractivity (Wildman–Crippen MR) is 123 cm³/mol. The van der Waals surface area contributed by atoms with E-state index in [0.29, 0.717) is 17.3 Å². The lowest BCUT2D eigenvalue weighted by atomic mass is 9.98. The summed E-state index contributed by atoms with van der Waals surface area (Å²) in [6, 6.07) is 4.75. The average Bonchev–Trinajstić information content (AvgIpc) is 2.69. The fraction of sp³-hybridized carbons (Fsp3) is 0.650. The van der Waals surface area contributed by atoms with Crippen LogP contribution in [-0.2, 0) is 6.54 Å². The molecule has 6 nitrogen and oxygen atoms in total. The number of guanidine groups is 1. The number of halogens is 3. The van der Waals surface area contributed by atoms with Crippen LogP contribution in [0.25, 0.3) is 0 Å². The van der Waals surface area contributed by atoms with Crippen LogP contribution in [-0.4, -0.2) is 56.8 Å². The van der Waals surface area contributed by atoms with E-state index in [-0.39, 0.29) is 41.8 Å². The largest absolute Gasteiger partial charge is 0.497 e. The third kappa shape index (κ3) is 8.12. The summed E-state index contributed by atoms with van der Waals surface area (Å²) in [6.45, 7) is 4.78. The van der Waals surface area contributed by atoms with Crippen LogP contribution in [0.15, 0.2) is 23.2 Å². The van der Waals surface area contributed by atoms with Crippen molar-refractivity contribution in [3.8, 4) is 11.5 Å². The Labute approximate surface area is 189 Å². The molecule has 0 radical (unpaired) electrons. The van der Waals surface area contributed by atoms with Gasteiger partial charge in [0.05, 0.1) is 7.11 Å². The van der Waals surface area contributed by atoms with Gasteiger partial charge < -0.3 is 20.1 Å². The van der Waals surface area contributed by atoms with Crippen LogP contribution in [0.3, 0.4) is 0 Å². The number of hydrogen-bond acceptors (Lipinski definition) is 4. The lowest BCUT2D eigenvalue weighted by Gasteiger charge is -2.41. The molecule has 1 saturated heterocycles. The monoisotopic (exact) mass is 526 g/mol. The van der Waals surface area contributed by atoms with E-state index in [1.165, 1.54) is 32.4 Å². The van der Waals surface area contributed by atoms with E-state index in [1.54, 1.807) is 19.2 Å². The number of nitrogens with zero attached hydrogens (tertiary/aromatic N) is 2. The molecule has 166 valence electrons. The molecular weight excluding hydrogens is 493 g/mol.